The van der Waals surface area contributed by atoms with Gasteiger partial charge in [-0.05, 0) is 25.0 Å². The molecule has 1 saturated heterocycles. The summed E-state index contributed by atoms with van der Waals surface area (Å²) in [7, 11) is 5.39. The number of rotatable bonds is 5. The van der Waals surface area contributed by atoms with E-state index < -0.39 is 0 Å². The summed E-state index contributed by atoms with van der Waals surface area (Å²) in [6.07, 6.45) is 4.86. The van der Waals surface area contributed by atoms with Crippen LogP contribution in [0.25, 0.3) is 0 Å². The highest BCUT2D eigenvalue weighted by Crippen LogP contribution is 2.24. The Morgan fingerprint density at radius 2 is 2.11 bits per heavy atom. The molecule has 1 unspecified atom stereocenters. The summed E-state index contributed by atoms with van der Waals surface area (Å²) in [5.74, 6) is 1.87. The van der Waals surface area contributed by atoms with Gasteiger partial charge < -0.3 is 24.6 Å². The molecule has 1 N–H and O–H groups in total. The molecule has 2 heterocycles. The number of ether oxygens (including phenoxy) is 2. The van der Waals surface area contributed by atoms with Crippen molar-refractivity contribution in [1.82, 2.24) is 14.9 Å². The molecule has 1 fully saturated rings. The average Bonchev–Trinajstić information content (AvgIpc) is 2.68. The third-order valence-corrected chi connectivity index (χ3v) is 4.33. The van der Waals surface area contributed by atoms with Gasteiger partial charge in [0.15, 0.2) is 5.82 Å². The van der Waals surface area contributed by atoms with E-state index in [2.05, 4.69) is 15.3 Å². The number of urea groups is 1. The maximum Gasteiger partial charge on any atom is 0.321 e. The van der Waals surface area contributed by atoms with Gasteiger partial charge >= 0.3 is 6.03 Å². The van der Waals surface area contributed by atoms with Crippen LogP contribution >= 0.6 is 0 Å². The monoisotopic (exact) mass is 371 g/mol. The normalized spacial score (nSPS) is 16.6. The molecule has 0 radical (unpaired) electrons. The first kappa shape index (κ1) is 18.8. The zero-order chi connectivity index (χ0) is 19.2. The summed E-state index contributed by atoms with van der Waals surface area (Å²) >= 11 is 0. The Balaban J connectivity index is 1.63. The van der Waals surface area contributed by atoms with Crippen LogP contribution in [0.5, 0.6) is 11.6 Å². The number of carbonyl (C=O) groups is 1. The lowest BCUT2D eigenvalue weighted by molar-refractivity contribution is 0.103. The number of methoxy groups -OCH3 is 1. The minimum atomic E-state index is -0.150. The second-order valence-electron chi connectivity index (χ2n) is 6.57. The van der Waals surface area contributed by atoms with Gasteiger partial charge in [0.2, 0.25) is 0 Å². The topological polar surface area (TPSA) is 79.8 Å². The molecule has 27 heavy (non-hydrogen) atoms. The number of aromatic nitrogens is 2. The summed E-state index contributed by atoms with van der Waals surface area (Å²) in [6.45, 7) is 1.19. The highest BCUT2D eigenvalue weighted by atomic mass is 16.5. The molecule has 0 bridgehead atoms. The Morgan fingerprint density at radius 3 is 2.89 bits per heavy atom. The lowest BCUT2D eigenvalue weighted by Crippen LogP contribution is -2.46. The van der Waals surface area contributed by atoms with Gasteiger partial charge in [-0.25, -0.2) is 14.8 Å². The molecule has 1 aliphatic rings. The van der Waals surface area contributed by atoms with Crippen LogP contribution in [0.15, 0.2) is 36.7 Å². The first-order valence-corrected chi connectivity index (χ1v) is 8.92. The molecule has 0 aliphatic carbocycles. The van der Waals surface area contributed by atoms with Gasteiger partial charge in [0.25, 0.3) is 5.88 Å². The van der Waals surface area contributed by atoms with Gasteiger partial charge in [-0.15, -0.1) is 0 Å². The summed E-state index contributed by atoms with van der Waals surface area (Å²) in [5.41, 5.74) is 0.700. The Labute approximate surface area is 159 Å². The van der Waals surface area contributed by atoms with Gasteiger partial charge in [-0.2, -0.15) is 0 Å². The predicted molar refractivity (Wildman–Crippen MR) is 104 cm³/mol. The summed E-state index contributed by atoms with van der Waals surface area (Å²) < 4.78 is 11.3. The SMILES string of the molecule is COc1cccc(NC(=O)N2CCCC(Oc3nccnc3N(C)C)C2)c1. The fourth-order valence-electron chi connectivity index (χ4n) is 2.99. The van der Waals surface area contributed by atoms with Crippen LogP contribution in [0, 0.1) is 0 Å². The van der Waals surface area contributed by atoms with E-state index in [0.717, 1.165) is 12.8 Å². The van der Waals surface area contributed by atoms with Crippen molar-refractivity contribution in [2.45, 2.75) is 18.9 Å². The van der Waals surface area contributed by atoms with Crippen LogP contribution in [-0.2, 0) is 0 Å². The van der Waals surface area contributed by atoms with E-state index in [1.165, 1.54) is 0 Å². The summed E-state index contributed by atoms with van der Waals surface area (Å²) in [6, 6.07) is 7.15. The number of benzene rings is 1. The van der Waals surface area contributed by atoms with Crippen molar-refractivity contribution in [1.29, 1.82) is 0 Å². The lowest BCUT2D eigenvalue weighted by atomic mass is 10.1. The smallest absolute Gasteiger partial charge is 0.321 e. The molecule has 144 valence electrons. The van der Waals surface area contributed by atoms with Gasteiger partial charge in [-0.1, -0.05) is 6.07 Å². The van der Waals surface area contributed by atoms with Crippen molar-refractivity contribution in [3.63, 3.8) is 0 Å². The van der Waals surface area contributed by atoms with Gasteiger partial charge in [-0.3, -0.25) is 0 Å². The third kappa shape index (κ3) is 4.78. The zero-order valence-corrected chi connectivity index (χ0v) is 15.9. The first-order valence-electron chi connectivity index (χ1n) is 8.92. The molecule has 2 amide bonds. The number of hydrogen-bond acceptors (Lipinski definition) is 6. The van der Waals surface area contributed by atoms with Crippen LogP contribution in [0.3, 0.4) is 0 Å². The van der Waals surface area contributed by atoms with E-state index in [1.807, 2.05) is 37.2 Å². The van der Waals surface area contributed by atoms with Gasteiger partial charge in [0, 0.05) is 44.8 Å². The number of nitrogens with one attached hydrogen (secondary N) is 1. The minimum Gasteiger partial charge on any atom is -0.497 e. The van der Waals surface area contributed by atoms with E-state index in [1.54, 1.807) is 30.5 Å². The molecule has 1 aromatic carbocycles. The first-order chi connectivity index (χ1) is 13.1. The number of nitrogens with zero attached hydrogens (tertiary/aromatic N) is 4. The Morgan fingerprint density at radius 1 is 1.30 bits per heavy atom. The maximum absolute atomic E-state index is 12.6. The number of likely N-dealkylation sites (tertiary alicyclic amines) is 1. The van der Waals surface area contributed by atoms with Gasteiger partial charge in [0.1, 0.15) is 11.9 Å². The zero-order valence-electron chi connectivity index (χ0n) is 15.9. The largest absolute Gasteiger partial charge is 0.497 e. The van der Waals surface area contributed by atoms with Crippen LogP contribution in [0.4, 0.5) is 16.3 Å². The predicted octanol–water partition coefficient (Wildman–Crippen LogP) is 2.63. The third-order valence-electron chi connectivity index (χ3n) is 4.33. The molecular weight excluding hydrogens is 346 g/mol. The molecule has 2 aromatic rings. The Hall–Kier alpha value is -3.03. The minimum absolute atomic E-state index is 0.120. The van der Waals surface area contributed by atoms with Crippen LogP contribution in [-0.4, -0.2) is 61.3 Å². The van der Waals surface area contributed by atoms with Crippen molar-refractivity contribution in [3.05, 3.63) is 36.7 Å². The number of anilines is 2. The lowest BCUT2D eigenvalue weighted by Gasteiger charge is -2.33. The van der Waals surface area contributed by atoms with E-state index in [4.69, 9.17) is 9.47 Å². The number of amides is 2. The van der Waals surface area contributed by atoms with E-state index >= 15 is 0 Å². The molecule has 1 aromatic heterocycles. The Kier molecular flexibility index (Phi) is 5.95. The maximum atomic E-state index is 12.6. The molecule has 0 saturated carbocycles. The fourth-order valence-corrected chi connectivity index (χ4v) is 2.99. The van der Waals surface area contributed by atoms with E-state index in [0.29, 0.717) is 36.2 Å². The van der Waals surface area contributed by atoms with Crippen molar-refractivity contribution < 1.29 is 14.3 Å². The highest BCUT2D eigenvalue weighted by Gasteiger charge is 2.26. The van der Waals surface area contributed by atoms with Crippen molar-refractivity contribution in [3.8, 4) is 11.6 Å². The molecule has 1 aliphatic heterocycles. The van der Waals surface area contributed by atoms with Crippen molar-refractivity contribution in [2.24, 2.45) is 0 Å². The van der Waals surface area contributed by atoms with E-state index in [-0.39, 0.29) is 12.1 Å². The molecule has 3 rings (SSSR count). The average molecular weight is 371 g/mol. The number of carbonyl (C=O) groups excluding carboxylic acids is 1. The quantitative estimate of drug-likeness (QED) is 0.870. The summed E-state index contributed by atoms with van der Waals surface area (Å²) in [4.78, 5) is 24.8. The van der Waals surface area contributed by atoms with Crippen molar-refractivity contribution >= 4 is 17.5 Å². The molecule has 8 nitrogen and oxygen atoms in total. The fraction of sp³-hybridized carbons (Fsp3) is 0.421. The number of hydrogen-bond donors (Lipinski definition) is 1. The molecule has 8 heteroatoms. The second-order valence-corrected chi connectivity index (χ2v) is 6.57. The summed E-state index contributed by atoms with van der Waals surface area (Å²) in [5, 5.41) is 2.92. The van der Waals surface area contributed by atoms with Crippen molar-refractivity contribution in [2.75, 3.05) is 44.5 Å². The van der Waals surface area contributed by atoms with Crippen LogP contribution in [0.1, 0.15) is 12.8 Å². The highest BCUT2D eigenvalue weighted by molar-refractivity contribution is 5.89. The van der Waals surface area contributed by atoms with Crippen LogP contribution < -0.4 is 19.7 Å². The molecule has 1 atom stereocenters. The molecular formula is C19H25N5O3. The Bertz CT molecular complexity index is 783. The second kappa shape index (κ2) is 8.57. The van der Waals surface area contributed by atoms with E-state index in [9.17, 15) is 4.79 Å². The van der Waals surface area contributed by atoms with Crippen LogP contribution in [0.2, 0.25) is 0 Å². The number of piperidine rings is 1. The molecule has 0 spiro atoms. The van der Waals surface area contributed by atoms with Gasteiger partial charge in [0.05, 0.1) is 13.7 Å². The standard InChI is InChI=1S/C19H25N5O3/c1-23(2)17-18(21-10-9-20-17)27-16-8-5-11-24(13-16)19(25)22-14-6-4-7-15(12-14)26-3/h4,6-7,9-10,12,16H,5,8,11,13H2,1-3H3,(H,22,25).